The number of hydrogen-bond acceptors (Lipinski definition) is 2. The van der Waals surface area contributed by atoms with Gasteiger partial charge in [0.25, 0.3) is 0 Å². The SMILES string of the molecule is Cc1nc2c(c(C)c1C)[C@](O)(C(F)(F)F)c1ccccc1-2. The number of fused-ring (bicyclic) bond motifs is 3. The lowest BCUT2D eigenvalue weighted by molar-refractivity contribution is -0.247. The number of alkyl halides is 3. The van der Waals surface area contributed by atoms with Crippen molar-refractivity contribution in [2.45, 2.75) is 32.5 Å². The predicted octanol–water partition coefficient (Wildman–Crippen LogP) is 3.79. The summed E-state index contributed by atoms with van der Waals surface area (Å²) in [6.07, 6.45) is -4.80. The van der Waals surface area contributed by atoms with Gasteiger partial charge >= 0.3 is 6.18 Å². The Bertz CT molecular complexity index is 752. The van der Waals surface area contributed by atoms with Crippen LogP contribution in [0.15, 0.2) is 24.3 Å². The lowest BCUT2D eigenvalue weighted by Gasteiger charge is -2.29. The van der Waals surface area contributed by atoms with Crippen molar-refractivity contribution in [3.8, 4) is 11.3 Å². The van der Waals surface area contributed by atoms with Crippen LogP contribution < -0.4 is 0 Å². The molecule has 21 heavy (non-hydrogen) atoms. The lowest BCUT2D eigenvalue weighted by Crippen LogP contribution is -2.42. The summed E-state index contributed by atoms with van der Waals surface area (Å²) in [5.41, 5.74) is -0.920. The van der Waals surface area contributed by atoms with E-state index in [1.165, 1.54) is 12.1 Å². The number of benzene rings is 1. The van der Waals surface area contributed by atoms with Crippen LogP contribution >= 0.6 is 0 Å². The molecule has 3 rings (SSSR count). The molecule has 0 saturated carbocycles. The molecule has 110 valence electrons. The van der Waals surface area contributed by atoms with Gasteiger partial charge in [-0.25, -0.2) is 0 Å². The lowest BCUT2D eigenvalue weighted by atomic mass is 9.87. The fourth-order valence-corrected chi connectivity index (χ4v) is 3.02. The first-order valence-electron chi connectivity index (χ1n) is 6.57. The van der Waals surface area contributed by atoms with Gasteiger partial charge < -0.3 is 5.11 Å². The maximum absolute atomic E-state index is 13.6. The number of aromatic nitrogens is 1. The molecule has 2 nitrogen and oxygen atoms in total. The van der Waals surface area contributed by atoms with E-state index in [-0.39, 0.29) is 16.8 Å². The maximum atomic E-state index is 13.6. The van der Waals surface area contributed by atoms with Crippen LogP contribution in [0, 0.1) is 20.8 Å². The van der Waals surface area contributed by atoms with E-state index in [2.05, 4.69) is 4.98 Å². The smallest absolute Gasteiger partial charge is 0.372 e. The Morgan fingerprint density at radius 2 is 1.67 bits per heavy atom. The highest BCUT2D eigenvalue weighted by atomic mass is 19.4. The van der Waals surface area contributed by atoms with Crippen molar-refractivity contribution in [1.29, 1.82) is 0 Å². The van der Waals surface area contributed by atoms with Crippen LogP contribution in [0.4, 0.5) is 13.2 Å². The molecule has 0 aliphatic heterocycles. The van der Waals surface area contributed by atoms with E-state index >= 15 is 0 Å². The van der Waals surface area contributed by atoms with Gasteiger partial charge in [0.05, 0.1) is 5.69 Å². The second-order valence-electron chi connectivity index (χ2n) is 5.42. The first kappa shape index (κ1) is 14.1. The zero-order valence-electron chi connectivity index (χ0n) is 11.8. The molecule has 0 spiro atoms. The van der Waals surface area contributed by atoms with E-state index in [0.29, 0.717) is 22.4 Å². The van der Waals surface area contributed by atoms with Gasteiger partial charge in [0.2, 0.25) is 5.60 Å². The highest BCUT2D eigenvalue weighted by Crippen LogP contribution is 2.55. The molecule has 0 amide bonds. The standard InChI is InChI=1S/C16H14F3NO/c1-8-9(2)13-14(20-10(8)3)11-6-4-5-7-12(11)15(13,21)16(17,18)19/h4-7,21H,1-3H3/t15-/m0/s1. The summed E-state index contributed by atoms with van der Waals surface area (Å²) in [5, 5.41) is 10.6. The van der Waals surface area contributed by atoms with Crippen molar-refractivity contribution >= 4 is 0 Å². The van der Waals surface area contributed by atoms with Gasteiger partial charge in [-0.1, -0.05) is 24.3 Å². The monoisotopic (exact) mass is 293 g/mol. The van der Waals surface area contributed by atoms with Crippen LogP contribution in [0.1, 0.15) is 27.9 Å². The van der Waals surface area contributed by atoms with Gasteiger partial charge in [0.15, 0.2) is 0 Å². The third-order valence-corrected chi connectivity index (χ3v) is 4.34. The van der Waals surface area contributed by atoms with E-state index in [4.69, 9.17) is 0 Å². The second-order valence-corrected chi connectivity index (χ2v) is 5.42. The summed E-state index contributed by atoms with van der Waals surface area (Å²) in [7, 11) is 0. The minimum atomic E-state index is -4.80. The number of rotatable bonds is 0. The molecule has 0 unspecified atom stereocenters. The van der Waals surface area contributed by atoms with E-state index in [1.54, 1.807) is 32.9 Å². The average molecular weight is 293 g/mol. The van der Waals surface area contributed by atoms with Gasteiger partial charge in [-0.2, -0.15) is 13.2 Å². The Balaban J connectivity index is 2.50. The van der Waals surface area contributed by atoms with Crippen LogP contribution in [0.2, 0.25) is 0 Å². The second kappa shape index (κ2) is 4.07. The summed E-state index contributed by atoms with van der Waals surface area (Å²) in [5.74, 6) is 0. The Morgan fingerprint density at radius 3 is 2.29 bits per heavy atom. The average Bonchev–Trinajstić information content (AvgIpc) is 2.67. The molecule has 1 atom stereocenters. The van der Waals surface area contributed by atoms with Crippen molar-refractivity contribution < 1.29 is 18.3 Å². The van der Waals surface area contributed by atoms with Crippen molar-refractivity contribution in [3.63, 3.8) is 0 Å². The molecule has 1 aliphatic carbocycles. The zero-order chi connectivity index (χ0) is 15.6. The molecule has 0 saturated heterocycles. The van der Waals surface area contributed by atoms with Gasteiger partial charge in [-0.15, -0.1) is 0 Å². The number of hydrogen-bond donors (Lipinski definition) is 1. The largest absolute Gasteiger partial charge is 0.425 e. The van der Waals surface area contributed by atoms with E-state index in [9.17, 15) is 18.3 Å². The summed E-state index contributed by atoms with van der Waals surface area (Å²) in [6, 6.07) is 6.03. The first-order valence-corrected chi connectivity index (χ1v) is 6.57. The van der Waals surface area contributed by atoms with Crippen molar-refractivity contribution in [2.24, 2.45) is 0 Å². The Hall–Kier alpha value is -1.88. The third kappa shape index (κ3) is 1.61. The van der Waals surface area contributed by atoms with Crippen LogP contribution in [0.3, 0.4) is 0 Å². The summed E-state index contributed by atoms with van der Waals surface area (Å²) in [4.78, 5) is 4.30. The summed E-state index contributed by atoms with van der Waals surface area (Å²) >= 11 is 0. The third-order valence-electron chi connectivity index (χ3n) is 4.34. The summed E-state index contributed by atoms with van der Waals surface area (Å²) in [6.45, 7) is 5.08. The molecular formula is C16H14F3NO. The molecule has 5 heteroatoms. The predicted molar refractivity (Wildman–Crippen MR) is 72.9 cm³/mol. The molecule has 0 bridgehead atoms. The molecule has 1 heterocycles. The van der Waals surface area contributed by atoms with E-state index in [1.807, 2.05) is 0 Å². The molecule has 0 radical (unpaired) electrons. The molecule has 0 fully saturated rings. The van der Waals surface area contributed by atoms with E-state index in [0.717, 1.165) is 0 Å². The van der Waals surface area contributed by atoms with Gasteiger partial charge in [-0.3, -0.25) is 4.98 Å². The Labute approximate surface area is 120 Å². The number of nitrogens with zero attached hydrogens (tertiary/aromatic N) is 1. The topological polar surface area (TPSA) is 33.1 Å². The Kier molecular flexibility index (Phi) is 2.73. The van der Waals surface area contributed by atoms with Gasteiger partial charge in [0, 0.05) is 22.4 Å². The highest BCUT2D eigenvalue weighted by molar-refractivity contribution is 5.79. The van der Waals surface area contributed by atoms with Crippen molar-refractivity contribution in [1.82, 2.24) is 4.98 Å². The normalized spacial score (nSPS) is 20.3. The minimum absolute atomic E-state index is 0.140. The van der Waals surface area contributed by atoms with Crippen LogP contribution in [-0.2, 0) is 5.60 Å². The quantitative estimate of drug-likeness (QED) is 0.801. The van der Waals surface area contributed by atoms with E-state index < -0.39 is 11.8 Å². The maximum Gasteiger partial charge on any atom is 0.425 e. The zero-order valence-corrected chi connectivity index (χ0v) is 11.8. The van der Waals surface area contributed by atoms with Crippen LogP contribution in [0.5, 0.6) is 0 Å². The first-order chi connectivity index (χ1) is 9.69. The fraction of sp³-hybridized carbons (Fsp3) is 0.312. The minimum Gasteiger partial charge on any atom is -0.372 e. The molecule has 1 aromatic heterocycles. The number of aryl methyl sites for hydroxylation is 1. The van der Waals surface area contributed by atoms with Crippen LogP contribution in [0.25, 0.3) is 11.3 Å². The Morgan fingerprint density at radius 1 is 1.05 bits per heavy atom. The molecule has 1 aliphatic rings. The fourth-order valence-electron chi connectivity index (χ4n) is 3.02. The molecular weight excluding hydrogens is 279 g/mol. The number of aliphatic hydroxyl groups is 1. The molecule has 1 aromatic carbocycles. The molecule has 2 aromatic rings. The van der Waals surface area contributed by atoms with Gasteiger partial charge in [0.1, 0.15) is 0 Å². The van der Waals surface area contributed by atoms with Gasteiger partial charge in [-0.05, 0) is 31.9 Å². The van der Waals surface area contributed by atoms with Crippen molar-refractivity contribution in [3.05, 3.63) is 52.2 Å². The molecule has 1 N–H and O–H groups in total. The highest BCUT2D eigenvalue weighted by Gasteiger charge is 2.62. The summed E-state index contributed by atoms with van der Waals surface area (Å²) < 4.78 is 40.9. The number of halogens is 3. The van der Waals surface area contributed by atoms with Crippen LogP contribution in [-0.4, -0.2) is 16.3 Å². The number of pyridine rings is 1. The van der Waals surface area contributed by atoms with Crippen molar-refractivity contribution in [2.75, 3.05) is 0 Å².